The first-order valence-corrected chi connectivity index (χ1v) is 8.89. The first kappa shape index (κ1) is 18.7. The summed E-state index contributed by atoms with van der Waals surface area (Å²) in [7, 11) is 0. The summed E-state index contributed by atoms with van der Waals surface area (Å²) in [6.45, 7) is 9.13. The molecule has 0 heterocycles. The molecule has 0 aromatic heterocycles. The Kier molecular flexibility index (Phi) is 14.0. The highest BCUT2D eigenvalue weighted by atomic mass is 14.1. The van der Waals surface area contributed by atoms with Crippen LogP contribution in [0.1, 0.15) is 105 Å². The number of hydrogen-bond donors (Lipinski definition) is 0. The van der Waals surface area contributed by atoms with Gasteiger partial charge in [-0.1, -0.05) is 89.7 Å². The van der Waals surface area contributed by atoms with Crippen molar-refractivity contribution >= 4 is 0 Å². The van der Waals surface area contributed by atoms with Gasteiger partial charge in [0, 0.05) is 0 Å². The summed E-state index contributed by atoms with van der Waals surface area (Å²) in [6.07, 6.45) is 19.4. The van der Waals surface area contributed by atoms with Gasteiger partial charge in [-0.15, -0.1) is 0 Å². The molecule has 0 bridgehead atoms. The summed E-state index contributed by atoms with van der Waals surface area (Å²) in [4.78, 5) is 0. The molecule has 0 amide bonds. The minimum atomic E-state index is 0.869. The lowest BCUT2D eigenvalue weighted by molar-refractivity contribution is 0.451. The lowest BCUT2D eigenvalue weighted by atomic mass is 9.88. The molecule has 0 heteroatoms. The van der Waals surface area contributed by atoms with E-state index >= 15 is 0 Å². The van der Waals surface area contributed by atoms with E-state index in [9.17, 15) is 0 Å². The maximum absolute atomic E-state index is 2.33. The highest BCUT2D eigenvalue weighted by molar-refractivity contribution is 5.01. The van der Waals surface area contributed by atoms with Crippen molar-refractivity contribution in [3.05, 3.63) is 11.6 Å². The molecule has 0 rings (SSSR count). The molecule has 114 valence electrons. The Morgan fingerprint density at radius 2 is 1.16 bits per heavy atom. The summed E-state index contributed by atoms with van der Waals surface area (Å²) in [5.41, 5.74) is 1.63. The fourth-order valence-corrected chi connectivity index (χ4v) is 2.82. The SMILES string of the molecule is C/C=C(\C)C(CCCCCC)CCCCCCCC. The van der Waals surface area contributed by atoms with Crippen LogP contribution >= 0.6 is 0 Å². The predicted molar refractivity (Wildman–Crippen MR) is 89.7 cm³/mol. The molecular weight excluding hydrogens is 228 g/mol. The largest absolute Gasteiger partial charge is 0.0885 e. The number of allylic oxidation sites excluding steroid dienone is 2. The Labute approximate surface area is 123 Å². The lowest BCUT2D eigenvalue weighted by Gasteiger charge is -2.17. The smallest absolute Gasteiger partial charge is 0.0206 e. The van der Waals surface area contributed by atoms with Gasteiger partial charge in [0.15, 0.2) is 0 Å². The number of hydrogen-bond acceptors (Lipinski definition) is 0. The second-order valence-corrected chi connectivity index (χ2v) is 6.14. The highest BCUT2D eigenvalue weighted by Gasteiger charge is 2.09. The fourth-order valence-electron chi connectivity index (χ4n) is 2.82. The highest BCUT2D eigenvalue weighted by Crippen LogP contribution is 2.25. The van der Waals surface area contributed by atoms with Gasteiger partial charge in [-0.2, -0.15) is 0 Å². The van der Waals surface area contributed by atoms with Crippen LogP contribution in [0, 0.1) is 5.92 Å². The molecule has 0 aromatic carbocycles. The van der Waals surface area contributed by atoms with Crippen molar-refractivity contribution in [3.8, 4) is 0 Å². The zero-order valence-electron chi connectivity index (χ0n) is 14.1. The van der Waals surface area contributed by atoms with Gasteiger partial charge < -0.3 is 0 Å². The Hall–Kier alpha value is -0.260. The van der Waals surface area contributed by atoms with E-state index in [1.807, 2.05) is 0 Å². The summed E-state index contributed by atoms with van der Waals surface area (Å²) >= 11 is 0. The Balaban J connectivity index is 3.75. The summed E-state index contributed by atoms with van der Waals surface area (Å²) in [5.74, 6) is 0.869. The van der Waals surface area contributed by atoms with E-state index in [2.05, 4.69) is 33.8 Å². The van der Waals surface area contributed by atoms with E-state index < -0.39 is 0 Å². The molecule has 0 radical (unpaired) electrons. The normalized spacial score (nSPS) is 13.8. The second-order valence-electron chi connectivity index (χ2n) is 6.14. The van der Waals surface area contributed by atoms with Gasteiger partial charge in [-0.25, -0.2) is 0 Å². The van der Waals surface area contributed by atoms with E-state index in [-0.39, 0.29) is 0 Å². The van der Waals surface area contributed by atoms with E-state index in [1.165, 1.54) is 77.0 Å². The van der Waals surface area contributed by atoms with Crippen molar-refractivity contribution in [2.24, 2.45) is 5.92 Å². The van der Waals surface area contributed by atoms with Gasteiger partial charge >= 0.3 is 0 Å². The Bertz CT molecular complexity index is 202. The minimum Gasteiger partial charge on any atom is -0.0885 e. The standard InChI is InChI=1S/C19H38/c1-5-8-10-12-13-15-17-19(18(4)7-3)16-14-11-9-6-2/h7,19H,5-6,8-17H2,1-4H3/b18-7+. The zero-order chi connectivity index (χ0) is 14.3. The number of unbranched alkanes of at least 4 members (excludes halogenated alkanes) is 8. The van der Waals surface area contributed by atoms with Crippen LogP contribution in [-0.4, -0.2) is 0 Å². The van der Waals surface area contributed by atoms with Crippen LogP contribution in [0.3, 0.4) is 0 Å². The van der Waals surface area contributed by atoms with Gasteiger partial charge in [0.05, 0.1) is 0 Å². The third-order valence-electron chi connectivity index (χ3n) is 4.41. The first-order chi connectivity index (χ1) is 9.26. The van der Waals surface area contributed by atoms with Crippen molar-refractivity contribution in [1.82, 2.24) is 0 Å². The maximum atomic E-state index is 2.33. The van der Waals surface area contributed by atoms with Crippen molar-refractivity contribution in [2.45, 2.75) is 105 Å². The third-order valence-corrected chi connectivity index (χ3v) is 4.41. The van der Waals surface area contributed by atoms with Crippen LogP contribution in [0.5, 0.6) is 0 Å². The van der Waals surface area contributed by atoms with Gasteiger partial charge in [0.1, 0.15) is 0 Å². The molecule has 0 N–H and O–H groups in total. The third kappa shape index (κ3) is 11.3. The van der Waals surface area contributed by atoms with Crippen LogP contribution in [-0.2, 0) is 0 Å². The topological polar surface area (TPSA) is 0 Å². The van der Waals surface area contributed by atoms with Crippen LogP contribution in [0.15, 0.2) is 11.6 Å². The summed E-state index contributed by atoms with van der Waals surface area (Å²) in [5, 5.41) is 0. The molecule has 0 aliphatic rings. The molecule has 0 saturated carbocycles. The van der Waals surface area contributed by atoms with Crippen molar-refractivity contribution < 1.29 is 0 Å². The summed E-state index contributed by atoms with van der Waals surface area (Å²) in [6, 6.07) is 0. The Morgan fingerprint density at radius 3 is 1.63 bits per heavy atom. The monoisotopic (exact) mass is 266 g/mol. The van der Waals surface area contributed by atoms with Crippen molar-refractivity contribution in [3.63, 3.8) is 0 Å². The van der Waals surface area contributed by atoms with Crippen molar-refractivity contribution in [2.75, 3.05) is 0 Å². The van der Waals surface area contributed by atoms with Crippen LogP contribution in [0.25, 0.3) is 0 Å². The van der Waals surface area contributed by atoms with Gasteiger partial charge in [-0.3, -0.25) is 0 Å². The lowest BCUT2D eigenvalue weighted by Crippen LogP contribution is -2.02. The molecule has 0 aliphatic carbocycles. The molecule has 0 aromatic rings. The average Bonchev–Trinajstić information content (AvgIpc) is 2.44. The molecule has 1 atom stereocenters. The van der Waals surface area contributed by atoms with Gasteiger partial charge in [0.2, 0.25) is 0 Å². The Morgan fingerprint density at radius 1 is 0.737 bits per heavy atom. The fraction of sp³-hybridized carbons (Fsp3) is 0.895. The molecule has 0 saturated heterocycles. The number of rotatable bonds is 13. The minimum absolute atomic E-state index is 0.869. The molecule has 0 nitrogen and oxygen atoms in total. The van der Waals surface area contributed by atoms with Gasteiger partial charge in [0.25, 0.3) is 0 Å². The molecule has 19 heavy (non-hydrogen) atoms. The molecule has 1 unspecified atom stereocenters. The summed E-state index contributed by atoms with van der Waals surface area (Å²) < 4.78 is 0. The van der Waals surface area contributed by atoms with E-state index in [0.717, 1.165) is 5.92 Å². The maximum Gasteiger partial charge on any atom is -0.0206 e. The van der Waals surface area contributed by atoms with E-state index in [1.54, 1.807) is 5.57 Å². The molecule has 0 fully saturated rings. The van der Waals surface area contributed by atoms with E-state index in [0.29, 0.717) is 0 Å². The molecule has 0 spiro atoms. The van der Waals surface area contributed by atoms with Crippen LogP contribution < -0.4 is 0 Å². The first-order valence-electron chi connectivity index (χ1n) is 8.89. The molecular formula is C19H38. The van der Waals surface area contributed by atoms with E-state index in [4.69, 9.17) is 0 Å². The average molecular weight is 267 g/mol. The molecule has 0 aliphatic heterocycles. The predicted octanol–water partition coefficient (Wildman–Crippen LogP) is 7.29. The zero-order valence-corrected chi connectivity index (χ0v) is 14.1. The second kappa shape index (κ2) is 14.2. The quantitative estimate of drug-likeness (QED) is 0.242. The van der Waals surface area contributed by atoms with Crippen LogP contribution in [0.2, 0.25) is 0 Å². The van der Waals surface area contributed by atoms with Crippen LogP contribution in [0.4, 0.5) is 0 Å². The van der Waals surface area contributed by atoms with Gasteiger partial charge in [-0.05, 0) is 32.6 Å². The van der Waals surface area contributed by atoms with Crippen molar-refractivity contribution in [1.29, 1.82) is 0 Å².